The van der Waals surface area contributed by atoms with E-state index in [1.165, 1.54) is 40.6 Å². The molecule has 0 aromatic heterocycles. The highest BCUT2D eigenvalue weighted by molar-refractivity contribution is 6.02. The Morgan fingerprint density at radius 3 is 2.17 bits per heavy atom. The van der Waals surface area contributed by atoms with Crippen molar-refractivity contribution in [1.29, 1.82) is 0 Å². The van der Waals surface area contributed by atoms with E-state index in [0.29, 0.717) is 11.5 Å². The van der Waals surface area contributed by atoms with Gasteiger partial charge in [-0.3, -0.25) is 4.79 Å². The first-order chi connectivity index (χ1) is 11.0. The molecule has 1 unspecified atom stereocenters. The quantitative estimate of drug-likeness (QED) is 0.669. The van der Waals surface area contributed by atoms with Crippen molar-refractivity contribution in [3.63, 3.8) is 0 Å². The molecule has 8 nitrogen and oxygen atoms in total. The zero-order valence-corrected chi connectivity index (χ0v) is 14.9. The second-order valence-corrected chi connectivity index (χ2v) is 4.59. The molecule has 0 fully saturated rings. The molecule has 3 N–H and O–H groups in total. The van der Waals surface area contributed by atoms with Crippen molar-refractivity contribution in [3.05, 3.63) is 17.7 Å². The van der Waals surface area contributed by atoms with Gasteiger partial charge in [-0.15, -0.1) is 12.4 Å². The van der Waals surface area contributed by atoms with E-state index in [1.807, 2.05) is 0 Å². The van der Waals surface area contributed by atoms with Crippen LogP contribution in [0.5, 0.6) is 11.5 Å². The van der Waals surface area contributed by atoms with Gasteiger partial charge in [0.25, 0.3) is 0 Å². The van der Waals surface area contributed by atoms with Gasteiger partial charge in [-0.1, -0.05) is 0 Å². The van der Waals surface area contributed by atoms with Crippen LogP contribution in [0.1, 0.15) is 16.8 Å². The largest absolute Gasteiger partial charge is 0.493 e. The number of anilines is 1. The second kappa shape index (κ2) is 10.7. The lowest BCUT2D eigenvalue weighted by atomic mass is 10.1. The van der Waals surface area contributed by atoms with Gasteiger partial charge in [0.2, 0.25) is 5.91 Å². The van der Waals surface area contributed by atoms with Crippen LogP contribution in [0.3, 0.4) is 0 Å². The minimum atomic E-state index is -0.608. The van der Waals surface area contributed by atoms with E-state index in [-0.39, 0.29) is 42.5 Å². The van der Waals surface area contributed by atoms with Gasteiger partial charge in [-0.05, 0) is 0 Å². The summed E-state index contributed by atoms with van der Waals surface area (Å²) in [4.78, 5) is 24.0. The van der Waals surface area contributed by atoms with E-state index in [4.69, 9.17) is 24.7 Å². The molecule has 0 aliphatic heterocycles. The highest BCUT2D eigenvalue weighted by atomic mass is 35.5. The highest BCUT2D eigenvalue weighted by Gasteiger charge is 2.20. The Morgan fingerprint density at radius 2 is 1.71 bits per heavy atom. The van der Waals surface area contributed by atoms with Gasteiger partial charge in [0, 0.05) is 25.8 Å². The Bertz CT molecular complexity index is 563. The van der Waals surface area contributed by atoms with Gasteiger partial charge in [0.15, 0.2) is 11.5 Å². The average Bonchev–Trinajstić information content (AvgIpc) is 2.58. The summed E-state index contributed by atoms with van der Waals surface area (Å²) >= 11 is 0. The summed E-state index contributed by atoms with van der Waals surface area (Å²) in [6, 6.07) is 2.93. The van der Waals surface area contributed by atoms with Crippen LogP contribution in [0, 0.1) is 0 Å². The van der Waals surface area contributed by atoms with Crippen LogP contribution in [-0.2, 0) is 14.3 Å². The Labute approximate surface area is 147 Å². The molecule has 0 aliphatic rings. The number of esters is 1. The summed E-state index contributed by atoms with van der Waals surface area (Å²) < 4.78 is 20.1. The number of rotatable bonds is 8. The third-order valence-electron chi connectivity index (χ3n) is 3.21. The molecule has 136 valence electrons. The lowest BCUT2D eigenvalue weighted by molar-refractivity contribution is -0.118. The molecule has 24 heavy (non-hydrogen) atoms. The maximum absolute atomic E-state index is 12.1. The number of carbonyl (C=O) groups is 2. The van der Waals surface area contributed by atoms with Crippen molar-refractivity contribution < 1.29 is 28.5 Å². The maximum Gasteiger partial charge on any atom is 0.340 e. The van der Waals surface area contributed by atoms with Crippen molar-refractivity contribution in [3.8, 4) is 11.5 Å². The highest BCUT2D eigenvalue weighted by Crippen LogP contribution is 2.33. The first kappa shape index (κ1) is 22.0. The van der Waals surface area contributed by atoms with Crippen LogP contribution in [0.4, 0.5) is 5.69 Å². The van der Waals surface area contributed by atoms with E-state index in [9.17, 15) is 9.59 Å². The van der Waals surface area contributed by atoms with Crippen molar-refractivity contribution >= 4 is 30.0 Å². The number of amides is 1. The molecular formula is C15H23ClN2O6. The molecule has 1 atom stereocenters. The smallest absolute Gasteiger partial charge is 0.340 e. The van der Waals surface area contributed by atoms with Crippen molar-refractivity contribution in [2.75, 3.05) is 40.3 Å². The Morgan fingerprint density at radius 1 is 1.12 bits per heavy atom. The summed E-state index contributed by atoms with van der Waals surface area (Å²) in [5.41, 5.74) is 5.90. The third kappa shape index (κ3) is 5.55. The number of methoxy groups -OCH3 is 4. The number of halogens is 1. The standard InChI is InChI=1S/C15H22N2O6.ClH/c1-20-9(8-16)5-14(18)17-11-7-13(22-3)12(21-2)6-10(11)15(19)23-4;/h6-7,9H,5,8,16H2,1-4H3,(H,17,18);1H. The molecule has 9 heteroatoms. The first-order valence-corrected chi connectivity index (χ1v) is 6.87. The summed E-state index contributed by atoms with van der Waals surface area (Å²) in [6.45, 7) is 0.208. The van der Waals surface area contributed by atoms with Crippen LogP contribution >= 0.6 is 12.4 Å². The molecule has 0 heterocycles. The van der Waals surface area contributed by atoms with Gasteiger partial charge >= 0.3 is 5.97 Å². The van der Waals surface area contributed by atoms with Gasteiger partial charge < -0.3 is 30.0 Å². The fourth-order valence-electron chi connectivity index (χ4n) is 1.93. The van der Waals surface area contributed by atoms with Crippen molar-refractivity contribution in [1.82, 2.24) is 0 Å². The zero-order chi connectivity index (χ0) is 17.4. The fourth-order valence-corrected chi connectivity index (χ4v) is 1.93. The number of nitrogens with one attached hydrogen (secondary N) is 1. The Kier molecular flexibility index (Phi) is 9.79. The second-order valence-electron chi connectivity index (χ2n) is 4.59. The van der Waals surface area contributed by atoms with Crippen LogP contribution in [0.15, 0.2) is 12.1 Å². The molecular weight excluding hydrogens is 340 g/mol. The van der Waals surface area contributed by atoms with Gasteiger partial charge in [0.05, 0.1) is 45.1 Å². The third-order valence-corrected chi connectivity index (χ3v) is 3.21. The molecule has 1 aromatic rings. The molecule has 0 bridgehead atoms. The number of hydrogen-bond acceptors (Lipinski definition) is 7. The molecule has 1 rings (SSSR count). The van der Waals surface area contributed by atoms with Crippen LogP contribution in [-0.4, -0.2) is 53.0 Å². The van der Waals surface area contributed by atoms with Crippen LogP contribution in [0.25, 0.3) is 0 Å². The maximum atomic E-state index is 12.1. The summed E-state index contributed by atoms with van der Waals surface area (Å²) in [6.07, 6.45) is -0.348. The Hall–Kier alpha value is -2.03. The molecule has 1 aromatic carbocycles. The topological polar surface area (TPSA) is 109 Å². The fraction of sp³-hybridized carbons (Fsp3) is 0.467. The predicted octanol–water partition coefficient (Wildman–Crippen LogP) is 1.21. The van der Waals surface area contributed by atoms with Crippen molar-refractivity contribution in [2.24, 2.45) is 5.73 Å². The van der Waals surface area contributed by atoms with Gasteiger partial charge in [-0.2, -0.15) is 0 Å². The Balaban J connectivity index is 0.00000529. The number of hydrogen-bond donors (Lipinski definition) is 2. The molecule has 0 spiro atoms. The monoisotopic (exact) mass is 362 g/mol. The summed E-state index contributed by atoms with van der Waals surface area (Å²) in [5.74, 6) is -0.233. The van der Waals surface area contributed by atoms with E-state index in [0.717, 1.165) is 0 Å². The van der Waals surface area contributed by atoms with Gasteiger partial charge in [-0.25, -0.2) is 4.79 Å². The van der Waals surface area contributed by atoms with E-state index < -0.39 is 12.1 Å². The lowest BCUT2D eigenvalue weighted by Gasteiger charge is -2.16. The molecule has 0 radical (unpaired) electrons. The van der Waals surface area contributed by atoms with E-state index >= 15 is 0 Å². The van der Waals surface area contributed by atoms with Crippen LogP contribution < -0.4 is 20.5 Å². The number of carbonyl (C=O) groups excluding carboxylic acids is 2. The normalized spacial score (nSPS) is 11.0. The van der Waals surface area contributed by atoms with Crippen LogP contribution in [0.2, 0.25) is 0 Å². The summed E-state index contributed by atoms with van der Waals surface area (Å²) in [5, 5.41) is 2.64. The van der Waals surface area contributed by atoms with E-state index in [1.54, 1.807) is 0 Å². The minimum Gasteiger partial charge on any atom is -0.493 e. The average molecular weight is 363 g/mol. The zero-order valence-electron chi connectivity index (χ0n) is 14.1. The molecule has 1 amide bonds. The first-order valence-electron chi connectivity index (χ1n) is 6.87. The number of nitrogens with two attached hydrogens (primary N) is 1. The number of ether oxygens (including phenoxy) is 4. The van der Waals surface area contributed by atoms with E-state index in [2.05, 4.69) is 5.32 Å². The van der Waals surface area contributed by atoms with Crippen molar-refractivity contribution in [2.45, 2.75) is 12.5 Å². The molecule has 0 aliphatic carbocycles. The minimum absolute atomic E-state index is 0. The van der Waals surface area contributed by atoms with Gasteiger partial charge in [0.1, 0.15) is 0 Å². The SMILES string of the molecule is COC(=O)c1cc(OC)c(OC)cc1NC(=O)CC(CN)OC.Cl. The molecule has 0 saturated heterocycles. The molecule has 0 saturated carbocycles. The lowest BCUT2D eigenvalue weighted by Crippen LogP contribution is -2.28. The predicted molar refractivity (Wildman–Crippen MR) is 91.2 cm³/mol. The number of benzene rings is 1. The summed E-state index contributed by atoms with van der Waals surface area (Å²) in [7, 11) is 5.62.